The number of hydrogen-bond donors (Lipinski definition) is 1. The molecule has 1 aliphatic carbocycles. The number of pyridine rings is 1. The van der Waals surface area contributed by atoms with Crippen molar-refractivity contribution in [2.24, 2.45) is 17.6 Å². The molecule has 0 amide bonds. The molecule has 21 heavy (non-hydrogen) atoms. The Morgan fingerprint density at radius 2 is 2.24 bits per heavy atom. The maximum Gasteiger partial charge on any atom is 0.141 e. The van der Waals surface area contributed by atoms with Crippen LogP contribution in [0.3, 0.4) is 0 Å². The van der Waals surface area contributed by atoms with Gasteiger partial charge in [0.05, 0.1) is 11.6 Å². The molecule has 3 heteroatoms. The van der Waals surface area contributed by atoms with Crippen LogP contribution < -0.4 is 5.73 Å². The molecule has 0 bridgehead atoms. The van der Waals surface area contributed by atoms with E-state index < -0.39 is 0 Å². The molecule has 0 saturated heterocycles. The monoisotopic (exact) mass is 288 g/mol. The first-order valence-corrected chi connectivity index (χ1v) is 8.30. The van der Waals surface area contributed by atoms with Crippen LogP contribution in [0.5, 0.6) is 0 Å². The third kappa shape index (κ3) is 4.13. The first-order chi connectivity index (χ1) is 10.1. The number of nitrogens with two attached hydrogens (primary N) is 1. The van der Waals surface area contributed by atoms with E-state index in [4.69, 9.17) is 5.73 Å². The molecule has 1 aromatic heterocycles. The van der Waals surface area contributed by atoms with Gasteiger partial charge in [0.2, 0.25) is 0 Å². The lowest BCUT2D eigenvalue weighted by atomic mass is 9.80. The highest BCUT2D eigenvalue weighted by Gasteiger charge is 2.27. The molecule has 0 aliphatic heterocycles. The van der Waals surface area contributed by atoms with E-state index in [-0.39, 0.29) is 5.92 Å². The van der Waals surface area contributed by atoms with Crippen molar-refractivity contribution in [2.75, 3.05) is 6.54 Å². The van der Waals surface area contributed by atoms with Gasteiger partial charge < -0.3 is 5.73 Å². The summed E-state index contributed by atoms with van der Waals surface area (Å²) in [6.45, 7) is 5.16. The molecule has 116 valence electrons. The zero-order chi connectivity index (χ0) is 15.2. The third-order valence-corrected chi connectivity index (χ3v) is 4.83. The molecule has 0 radical (unpaired) electrons. The molecule has 1 aromatic rings. The van der Waals surface area contributed by atoms with E-state index in [2.05, 4.69) is 24.9 Å². The largest absolute Gasteiger partial charge is 0.330 e. The number of aromatic nitrogens is 1. The Labute approximate surface area is 128 Å². The predicted molar refractivity (Wildman–Crippen MR) is 86.2 cm³/mol. The molecule has 0 saturated carbocycles. The second-order valence-corrected chi connectivity index (χ2v) is 6.58. The molecule has 3 nitrogen and oxygen atoms in total. The summed E-state index contributed by atoms with van der Waals surface area (Å²) in [5.74, 6) is 1.56. The van der Waals surface area contributed by atoms with E-state index in [1.807, 2.05) is 12.3 Å². The Morgan fingerprint density at radius 1 is 1.43 bits per heavy atom. The summed E-state index contributed by atoms with van der Waals surface area (Å²) in [6, 6.07) is 4.09. The van der Waals surface area contributed by atoms with Gasteiger partial charge in [-0.05, 0) is 62.1 Å². The zero-order valence-electron chi connectivity index (χ0n) is 13.3. The van der Waals surface area contributed by atoms with Crippen molar-refractivity contribution in [1.29, 1.82) is 0 Å². The number of fused-ring (bicyclic) bond motifs is 1. The summed E-state index contributed by atoms with van der Waals surface area (Å²) in [6.07, 6.45) is 7.60. The molecule has 0 spiro atoms. The fourth-order valence-electron chi connectivity index (χ4n) is 3.45. The van der Waals surface area contributed by atoms with Crippen LogP contribution in [0.4, 0.5) is 0 Å². The Hall–Kier alpha value is -1.22. The highest BCUT2D eigenvalue weighted by molar-refractivity contribution is 5.85. The number of Topliss-reactive ketones (excluding diaryl/α,β-unsaturated/α-hetero) is 1. The summed E-state index contributed by atoms with van der Waals surface area (Å²) < 4.78 is 0. The summed E-state index contributed by atoms with van der Waals surface area (Å²) >= 11 is 0. The van der Waals surface area contributed by atoms with Crippen LogP contribution in [-0.2, 0) is 11.2 Å². The van der Waals surface area contributed by atoms with Crippen LogP contribution in [0.15, 0.2) is 18.3 Å². The van der Waals surface area contributed by atoms with E-state index >= 15 is 0 Å². The van der Waals surface area contributed by atoms with Gasteiger partial charge in [-0.15, -0.1) is 0 Å². The van der Waals surface area contributed by atoms with Crippen molar-refractivity contribution in [1.82, 2.24) is 4.98 Å². The highest BCUT2D eigenvalue weighted by Crippen LogP contribution is 2.32. The Bertz CT molecular complexity index is 470. The maximum absolute atomic E-state index is 12.6. The number of aryl methyl sites for hydroxylation is 1. The van der Waals surface area contributed by atoms with Crippen molar-refractivity contribution >= 4 is 5.78 Å². The second kappa shape index (κ2) is 7.69. The highest BCUT2D eigenvalue weighted by atomic mass is 16.1. The maximum atomic E-state index is 12.6. The predicted octanol–water partition coefficient (Wildman–Crippen LogP) is 3.47. The number of carbonyl (C=O) groups is 1. The summed E-state index contributed by atoms with van der Waals surface area (Å²) in [5.41, 5.74) is 7.99. The first kappa shape index (κ1) is 16.2. The Kier molecular flexibility index (Phi) is 5.92. The van der Waals surface area contributed by atoms with Crippen molar-refractivity contribution in [3.05, 3.63) is 29.6 Å². The van der Waals surface area contributed by atoms with E-state index in [0.29, 0.717) is 30.6 Å². The van der Waals surface area contributed by atoms with Crippen molar-refractivity contribution in [2.45, 2.75) is 58.3 Å². The smallest absolute Gasteiger partial charge is 0.141 e. The van der Waals surface area contributed by atoms with Crippen LogP contribution >= 0.6 is 0 Å². The SMILES string of the molecule is CC(C)C(CCN)CCC(=O)C1CCCc2cccnc21. The van der Waals surface area contributed by atoms with E-state index in [1.54, 1.807) is 0 Å². The van der Waals surface area contributed by atoms with Crippen LogP contribution in [0.1, 0.15) is 63.1 Å². The normalized spacial score (nSPS) is 19.3. The van der Waals surface area contributed by atoms with Gasteiger partial charge in [-0.1, -0.05) is 19.9 Å². The average molecular weight is 288 g/mol. The van der Waals surface area contributed by atoms with E-state index in [9.17, 15) is 4.79 Å². The molecule has 1 aliphatic rings. The van der Waals surface area contributed by atoms with Crippen LogP contribution in [0.25, 0.3) is 0 Å². The van der Waals surface area contributed by atoms with Gasteiger partial charge in [-0.2, -0.15) is 0 Å². The Morgan fingerprint density at radius 3 is 2.95 bits per heavy atom. The van der Waals surface area contributed by atoms with Crippen LogP contribution in [0.2, 0.25) is 0 Å². The van der Waals surface area contributed by atoms with E-state index in [1.165, 1.54) is 5.56 Å². The molecule has 0 aromatic carbocycles. The molecule has 2 rings (SSSR count). The second-order valence-electron chi connectivity index (χ2n) is 6.58. The van der Waals surface area contributed by atoms with Gasteiger partial charge in [0.1, 0.15) is 5.78 Å². The molecule has 2 atom stereocenters. The lowest BCUT2D eigenvalue weighted by molar-refractivity contribution is -0.121. The zero-order valence-corrected chi connectivity index (χ0v) is 13.3. The standard InChI is InChI=1S/C18H28N2O/c1-13(2)14(10-11-19)8-9-17(21)16-7-3-5-15-6-4-12-20-18(15)16/h4,6,12-14,16H,3,5,7-11,19H2,1-2H3. The third-order valence-electron chi connectivity index (χ3n) is 4.83. The minimum absolute atomic E-state index is 0.0284. The van der Waals surface area contributed by atoms with Crippen LogP contribution in [0, 0.1) is 11.8 Å². The van der Waals surface area contributed by atoms with Crippen molar-refractivity contribution in [3.8, 4) is 0 Å². The number of nitrogens with zero attached hydrogens (tertiary/aromatic N) is 1. The van der Waals surface area contributed by atoms with Gasteiger partial charge in [0, 0.05) is 12.6 Å². The van der Waals surface area contributed by atoms with Crippen LogP contribution in [-0.4, -0.2) is 17.3 Å². The number of rotatable bonds is 7. The van der Waals surface area contributed by atoms with Gasteiger partial charge >= 0.3 is 0 Å². The fourth-order valence-corrected chi connectivity index (χ4v) is 3.45. The number of carbonyl (C=O) groups excluding carboxylic acids is 1. The van der Waals surface area contributed by atoms with Crippen molar-refractivity contribution < 1.29 is 4.79 Å². The lowest BCUT2D eigenvalue weighted by Gasteiger charge is -2.25. The minimum atomic E-state index is 0.0284. The van der Waals surface area contributed by atoms with Gasteiger partial charge in [-0.25, -0.2) is 0 Å². The summed E-state index contributed by atoms with van der Waals surface area (Å²) in [5, 5.41) is 0. The van der Waals surface area contributed by atoms with E-state index in [0.717, 1.165) is 37.8 Å². The lowest BCUT2D eigenvalue weighted by Crippen LogP contribution is -2.22. The molecular formula is C18H28N2O. The molecule has 2 unspecified atom stereocenters. The number of ketones is 1. The topological polar surface area (TPSA) is 56.0 Å². The quantitative estimate of drug-likeness (QED) is 0.835. The molecular weight excluding hydrogens is 260 g/mol. The Balaban J connectivity index is 1.98. The molecule has 2 N–H and O–H groups in total. The summed E-state index contributed by atoms with van der Waals surface area (Å²) in [7, 11) is 0. The molecule has 1 heterocycles. The van der Waals surface area contributed by atoms with Gasteiger partial charge in [0.15, 0.2) is 0 Å². The average Bonchev–Trinajstić information content (AvgIpc) is 2.50. The van der Waals surface area contributed by atoms with Gasteiger partial charge in [0.25, 0.3) is 0 Å². The fraction of sp³-hybridized carbons (Fsp3) is 0.667. The first-order valence-electron chi connectivity index (χ1n) is 8.30. The summed E-state index contributed by atoms with van der Waals surface area (Å²) in [4.78, 5) is 17.1. The van der Waals surface area contributed by atoms with Crippen molar-refractivity contribution in [3.63, 3.8) is 0 Å². The minimum Gasteiger partial charge on any atom is -0.330 e. The van der Waals surface area contributed by atoms with Gasteiger partial charge in [-0.3, -0.25) is 9.78 Å². The molecule has 0 fully saturated rings. The number of hydrogen-bond acceptors (Lipinski definition) is 3.